The first kappa shape index (κ1) is 17.4. The number of hydrogen-bond donors (Lipinski definition) is 1. The number of hydrogen-bond acceptors (Lipinski definition) is 4. The molecule has 0 spiro atoms. The van der Waals surface area contributed by atoms with Gasteiger partial charge in [0.05, 0.1) is 5.92 Å². The molecule has 6 nitrogen and oxygen atoms in total. The minimum Gasteiger partial charge on any atom is -0.454 e. The number of ether oxygens (including phenoxy) is 2. The van der Waals surface area contributed by atoms with Gasteiger partial charge in [-0.3, -0.25) is 9.59 Å². The third kappa shape index (κ3) is 3.74. The number of anilines is 1. The van der Waals surface area contributed by atoms with Crippen LogP contribution in [0.5, 0.6) is 11.5 Å². The maximum Gasteiger partial charge on any atom is 0.231 e. The van der Waals surface area contributed by atoms with E-state index in [1.54, 1.807) is 4.90 Å². The number of carbonyl (C=O) groups excluding carboxylic acids is 2. The van der Waals surface area contributed by atoms with Gasteiger partial charge >= 0.3 is 0 Å². The van der Waals surface area contributed by atoms with Crippen molar-refractivity contribution < 1.29 is 19.1 Å². The number of likely N-dealkylation sites (tertiary alicyclic amines) is 1. The maximum absolute atomic E-state index is 12.5. The standard InChI is InChI=1S/C21H22N2O4/c1-2-14-3-6-17(7-4-14)22-21(25)16-10-20(24)23(12-16)11-15-5-8-18-19(9-15)27-13-26-18/h3-9,16H,2,10-13H2,1H3,(H,22,25). The van der Waals surface area contributed by atoms with Crippen LogP contribution in [0.15, 0.2) is 42.5 Å². The van der Waals surface area contributed by atoms with E-state index in [9.17, 15) is 9.59 Å². The van der Waals surface area contributed by atoms with Crippen LogP contribution in [0.2, 0.25) is 0 Å². The molecule has 2 aliphatic rings. The molecule has 0 aliphatic carbocycles. The smallest absolute Gasteiger partial charge is 0.231 e. The van der Waals surface area contributed by atoms with Gasteiger partial charge in [0.1, 0.15) is 0 Å². The first-order chi connectivity index (χ1) is 13.1. The van der Waals surface area contributed by atoms with E-state index in [4.69, 9.17) is 9.47 Å². The average molecular weight is 366 g/mol. The van der Waals surface area contributed by atoms with Crippen molar-refractivity contribution in [2.24, 2.45) is 5.92 Å². The molecule has 1 N–H and O–H groups in total. The molecule has 1 unspecified atom stereocenters. The molecule has 0 radical (unpaired) electrons. The Balaban J connectivity index is 1.37. The molecule has 2 amide bonds. The minimum absolute atomic E-state index is 0.00542. The zero-order valence-electron chi connectivity index (χ0n) is 15.2. The number of rotatable bonds is 5. The highest BCUT2D eigenvalue weighted by molar-refractivity contribution is 5.97. The van der Waals surface area contributed by atoms with Crippen molar-refractivity contribution in [3.63, 3.8) is 0 Å². The molecule has 1 fully saturated rings. The monoisotopic (exact) mass is 366 g/mol. The summed E-state index contributed by atoms with van der Waals surface area (Å²) >= 11 is 0. The van der Waals surface area contributed by atoms with Crippen LogP contribution in [0.3, 0.4) is 0 Å². The summed E-state index contributed by atoms with van der Waals surface area (Å²) in [5.74, 6) is 0.967. The number of carbonyl (C=O) groups is 2. The van der Waals surface area contributed by atoms with Crippen molar-refractivity contribution >= 4 is 17.5 Å². The van der Waals surface area contributed by atoms with Gasteiger partial charge in [-0.1, -0.05) is 25.1 Å². The van der Waals surface area contributed by atoms with E-state index in [0.717, 1.165) is 23.4 Å². The van der Waals surface area contributed by atoms with Gasteiger partial charge in [-0.15, -0.1) is 0 Å². The predicted octanol–water partition coefficient (Wildman–Crippen LogP) is 2.96. The topological polar surface area (TPSA) is 67.9 Å². The zero-order valence-corrected chi connectivity index (χ0v) is 15.2. The largest absolute Gasteiger partial charge is 0.454 e. The number of fused-ring (bicyclic) bond motifs is 1. The van der Waals surface area contributed by atoms with Crippen LogP contribution in [0, 0.1) is 5.92 Å². The third-order valence-electron chi connectivity index (χ3n) is 5.03. The van der Waals surface area contributed by atoms with Crippen LogP contribution >= 0.6 is 0 Å². The summed E-state index contributed by atoms with van der Waals surface area (Å²) in [7, 11) is 0. The highest BCUT2D eigenvalue weighted by Gasteiger charge is 2.34. The van der Waals surface area contributed by atoms with Gasteiger partial charge in [0.25, 0.3) is 0 Å². The van der Waals surface area contributed by atoms with Crippen molar-refractivity contribution in [2.45, 2.75) is 26.3 Å². The van der Waals surface area contributed by atoms with E-state index in [1.165, 1.54) is 5.56 Å². The summed E-state index contributed by atoms with van der Waals surface area (Å²) in [6, 6.07) is 13.5. The van der Waals surface area contributed by atoms with E-state index in [1.807, 2.05) is 42.5 Å². The second kappa shape index (κ2) is 7.31. The van der Waals surface area contributed by atoms with Crippen molar-refractivity contribution in [2.75, 3.05) is 18.7 Å². The Bertz CT molecular complexity index is 863. The summed E-state index contributed by atoms with van der Waals surface area (Å²) in [4.78, 5) is 26.6. The Labute approximate surface area is 158 Å². The molecule has 0 saturated carbocycles. The molecular weight excluding hydrogens is 344 g/mol. The summed E-state index contributed by atoms with van der Waals surface area (Å²) in [6.45, 7) is 3.20. The van der Waals surface area contributed by atoms with Crippen LogP contribution in [0.4, 0.5) is 5.69 Å². The second-order valence-corrected chi connectivity index (χ2v) is 6.90. The van der Waals surface area contributed by atoms with Crippen LogP contribution in [0.1, 0.15) is 24.5 Å². The molecule has 2 heterocycles. The van der Waals surface area contributed by atoms with E-state index in [2.05, 4.69) is 12.2 Å². The normalized spacial score (nSPS) is 18.0. The zero-order chi connectivity index (χ0) is 18.8. The molecule has 140 valence electrons. The summed E-state index contributed by atoms with van der Waals surface area (Å²) in [6.07, 6.45) is 1.20. The number of nitrogens with zero attached hydrogens (tertiary/aromatic N) is 1. The fraction of sp³-hybridized carbons (Fsp3) is 0.333. The Morgan fingerprint density at radius 2 is 1.85 bits per heavy atom. The quantitative estimate of drug-likeness (QED) is 0.883. The van der Waals surface area contributed by atoms with Gasteiger partial charge in [0.15, 0.2) is 11.5 Å². The highest BCUT2D eigenvalue weighted by atomic mass is 16.7. The Morgan fingerprint density at radius 1 is 1.11 bits per heavy atom. The lowest BCUT2D eigenvalue weighted by Gasteiger charge is -2.17. The molecule has 0 aromatic heterocycles. The molecule has 1 atom stereocenters. The van der Waals surface area contributed by atoms with Gasteiger partial charge < -0.3 is 19.7 Å². The maximum atomic E-state index is 12.5. The predicted molar refractivity (Wildman–Crippen MR) is 101 cm³/mol. The molecule has 1 saturated heterocycles. The summed E-state index contributed by atoms with van der Waals surface area (Å²) < 4.78 is 10.7. The number of nitrogens with one attached hydrogen (secondary N) is 1. The summed E-state index contributed by atoms with van der Waals surface area (Å²) in [5.41, 5.74) is 2.95. The Morgan fingerprint density at radius 3 is 2.63 bits per heavy atom. The van der Waals surface area contributed by atoms with Crippen molar-refractivity contribution in [1.82, 2.24) is 4.90 Å². The van der Waals surface area contributed by atoms with Crippen LogP contribution in [-0.2, 0) is 22.6 Å². The lowest BCUT2D eigenvalue weighted by atomic mass is 10.1. The third-order valence-corrected chi connectivity index (χ3v) is 5.03. The fourth-order valence-electron chi connectivity index (χ4n) is 3.43. The molecule has 0 bridgehead atoms. The first-order valence-electron chi connectivity index (χ1n) is 9.18. The highest BCUT2D eigenvalue weighted by Crippen LogP contribution is 2.33. The molecule has 27 heavy (non-hydrogen) atoms. The lowest BCUT2D eigenvalue weighted by Crippen LogP contribution is -2.28. The van der Waals surface area contributed by atoms with Gasteiger partial charge in [-0.05, 0) is 41.8 Å². The fourth-order valence-corrected chi connectivity index (χ4v) is 3.43. The number of benzene rings is 2. The minimum atomic E-state index is -0.336. The molecule has 4 rings (SSSR count). The molecule has 2 aromatic rings. The van der Waals surface area contributed by atoms with Gasteiger partial charge in [-0.2, -0.15) is 0 Å². The van der Waals surface area contributed by atoms with Crippen LogP contribution < -0.4 is 14.8 Å². The van der Waals surface area contributed by atoms with Crippen molar-refractivity contribution in [1.29, 1.82) is 0 Å². The molecular formula is C21H22N2O4. The van der Waals surface area contributed by atoms with Gasteiger partial charge in [0.2, 0.25) is 18.6 Å². The first-order valence-corrected chi connectivity index (χ1v) is 9.18. The SMILES string of the molecule is CCc1ccc(NC(=O)C2CC(=O)N(Cc3ccc4c(c3)OCO4)C2)cc1. The van der Waals surface area contributed by atoms with E-state index in [0.29, 0.717) is 18.8 Å². The summed E-state index contributed by atoms with van der Waals surface area (Å²) in [5, 5.41) is 2.92. The molecule has 6 heteroatoms. The van der Waals surface area contributed by atoms with Crippen molar-refractivity contribution in [3.8, 4) is 11.5 Å². The van der Waals surface area contributed by atoms with E-state index in [-0.39, 0.29) is 30.9 Å². The lowest BCUT2D eigenvalue weighted by molar-refractivity contribution is -0.128. The van der Waals surface area contributed by atoms with Crippen LogP contribution in [0.25, 0.3) is 0 Å². The van der Waals surface area contributed by atoms with Crippen molar-refractivity contribution in [3.05, 3.63) is 53.6 Å². The second-order valence-electron chi connectivity index (χ2n) is 6.90. The average Bonchev–Trinajstić information content (AvgIpc) is 3.29. The molecule has 2 aromatic carbocycles. The van der Waals surface area contributed by atoms with Crippen LogP contribution in [-0.4, -0.2) is 30.1 Å². The Hall–Kier alpha value is -3.02. The van der Waals surface area contributed by atoms with E-state index >= 15 is 0 Å². The Kier molecular flexibility index (Phi) is 4.71. The van der Waals surface area contributed by atoms with Gasteiger partial charge in [0, 0.05) is 25.2 Å². The van der Waals surface area contributed by atoms with Gasteiger partial charge in [-0.25, -0.2) is 0 Å². The number of amides is 2. The molecule has 2 aliphatic heterocycles. The van der Waals surface area contributed by atoms with E-state index < -0.39 is 0 Å². The number of aryl methyl sites for hydroxylation is 1.